The van der Waals surface area contributed by atoms with Gasteiger partial charge < -0.3 is 4.74 Å². The summed E-state index contributed by atoms with van der Waals surface area (Å²) in [7, 11) is 1.91. The molecule has 0 fully saturated rings. The van der Waals surface area contributed by atoms with Crippen LogP contribution in [0.15, 0.2) is 67.1 Å². The van der Waals surface area contributed by atoms with Crippen LogP contribution in [0.25, 0.3) is 44.2 Å². The van der Waals surface area contributed by atoms with Gasteiger partial charge in [0.05, 0.1) is 40.6 Å². The molecule has 5 rings (SSSR count). The normalized spacial score (nSPS) is 11.9. The van der Waals surface area contributed by atoms with Gasteiger partial charge in [0.15, 0.2) is 0 Å². The third-order valence-corrected chi connectivity index (χ3v) is 6.56. The predicted molar refractivity (Wildman–Crippen MR) is 153 cm³/mol. The van der Waals surface area contributed by atoms with Gasteiger partial charge in [0.1, 0.15) is 11.3 Å². The first-order valence-electron chi connectivity index (χ1n) is 12.7. The SMILES string of the molecule is Cn1nc(-c2ccc(C(C)(C)C#N)cc2)c2c3cc(-c4cncc(NC(=O)OC(C)(C)C)c4)ccc3ncc21. The minimum absolute atomic E-state index is 0.532. The van der Waals surface area contributed by atoms with Gasteiger partial charge in [0, 0.05) is 35.1 Å². The molecule has 1 N–H and O–H groups in total. The van der Waals surface area contributed by atoms with Crippen molar-refractivity contribution in [3.8, 4) is 28.5 Å². The molecule has 39 heavy (non-hydrogen) atoms. The molecule has 0 radical (unpaired) electrons. The summed E-state index contributed by atoms with van der Waals surface area (Å²) < 4.78 is 7.21. The van der Waals surface area contributed by atoms with E-state index >= 15 is 0 Å². The van der Waals surface area contributed by atoms with Gasteiger partial charge in [-0.25, -0.2) is 4.79 Å². The number of carbonyl (C=O) groups is 1. The molecule has 2 aromatic carbocycles. The van der Waals surface area contributed by atoms with E-state index in [4.69, 9.17) is 9.84 Å². The molecule has 0 atom stereocenters. The van der Waals surface area contributed by atoms with Gasteiger partial charge in [-0.15, -0.1) is 0 Å². The Hall–Kier alpha value is -4.77. The first-order valence-corrected chi connectivity index (χ1v) is 12.7. The van der Waals surface area contributed by atoms with E-state index < -0.39 is 17.1 Å². The first kappa shape index (κ1) is 25.9. The summed E-state index contributed by atoms with van der Waals surface area (Å²) in [5.41, 5.74) is 5.66. The number of amides is 1. The van der Waals surface area contributed by atoms with Crippen molar-refractivity contribution in [2.75, 3.05) is 5.32 Å². The number of aryl methyl sites for hydroxylation is 1. The smallest absolute Gasteiger partial charge is 0.412 e. The monoisotopic (exact) mass is 518 g/mol. The van der Waals surface area contributed by atoms with E-state index in [0.29, 0.717) is 5.69 Å². The molecule has 0 saturated carbocycles. The Balaban J connectivity index is 1.58. The summed E-state index contributed by atoms with van der Waals surface area (Å²) in [4.78, 5) is 21.3. The molecule has 3 heterocycles. The molecule has 0 bridgehead atoms. The standard InChI is InChI=1S/C31H30N6O2/c1-30(2,3)39-29(38)35-23-13-21(15-33-16-23)20-9-12-25-24(14-20)27-26(17-34-25)37(6)36-28(27)19-7-10-22(11-8-19)31(4,5)18-32/h7-17H,1-6H3,(H,35,38). The van der Waals surface area contributed by atoms with Gasteiger partial charge in [-0.3, -0.25) is 20.0 Å². The van der Waals surface area contributed by atoms with E-state index in [1.807, 2.05) is 95.0 Å². The first-order chi connectivity index (χ1) is 18.4. The fourth-order valence-corrected chi connectivity index (χ4v) is 4.51. The number of hydrogen-bond donors (Lipinski definition) is 1. The van der Waals surface area contributed by atoms with Crippen LogP contribution in [0, 0.1) is 11.3 Å². The molecule has 1 amide bonds. The molecule has 196 valence electrons. The zero-order chi connectivity index (χ0) is 27.9. The highest BCUT2D eigenvalue weighted by Crippen LogP contribution is 2.36. The predicted octanol–water partition coefficient (Wildman–Crippen LogP) is 7.00. The van der Waals surface area contributed by atoms with E-state index in [-0.39, 0.29) is 0 Å². The summed E-state index contributed by atoms with van der Waals surface area (Å²) in [6.07, 6.45) is 4.66. The van der Waals surface area contributed by atoms with Crippen LogP contribution in [0.3, 0.4) is 0 Å². The average Bonchev–Trinajstić information content (AvgIpc) is 3.24. The van der Waals surface area contributed by atoms with Gasteiger partial charge in [-0.1, -0.05) is 30.3 Å². The number of nitriles is 1. The van der Waals surface area contributed by atoms with Crippen LogP contribution in [-0.2, 0) is 17.2 Å². The van der Waals surface area contributed by atoms with Crippen molar-refractivity contribution >= 4 is 33.6 Å². The quantitative estimate of drug-likeness (QED) is 0.275. The van der Waals surface area contributed by atoms with Crippen LogP contribution in [0.4, 0.5) is 10.5 Å². The van der Waals surface area contributed by atoms with Crippen LogP contribution < -0.4 is 5.32 Å². The number of hydrogen-bond acceptors (Lipinski definition) is 6. The topological polar surface area (TPSA) is 106 Å². The lowest BCUT2D eigenvalue weighted by molar-refractivity contribution is 0.0636. The number of rotatable bonds is 4. The number of nitrogens with one attached hydrogen (secondary N) is 1. The molecule has 0 aliphatic rings. The lowest BCUT2D eigenvalue weighted by Crippen LogP contribution is -2.27. The van der Waals surface area contributed by atoms with Gasteiger partial charge >= 0.3 is 6.09 Å². The average molecular weight is 519 g/mol. The molecule has 8 nitrogen and oxygen atoms in total. The van der Waals surface area contributed by atoms with Gasteiger partial charge in [0.2, 0.25) is 0 Å². The second-order valence-corrected chi connectivity index (χ2v) is 11.1. The molecule has 8 heteroatoms. The third kappa shape index (κ3) is 5.16. The summed E-state index contributed by atoms with van der Waals surface area (Å²) >= 11 is 0. The van der Waals surface area contributed by atoms with Crippen molar-refractivity contribution < 1.29 is 9.53 Å². The zero-order valence-corrected chi connectivity index (χ0v) is 22.9. The number of ether oxygens (including phenoxy) is 1. The number of carbonyl (C=O) groups excluding carboxylic acids is 1. The van der Waals surface area contributed by atoms with Crippen molar-refractivity contribution in [2.45, 2.75) is 45.6 Å². The molecule has 0 unspecified atom stereocenters. The summed E-state index contributed by atoms with van der Waals surface area (Å²) in [5.74, 6) is 0. The number of fused-ring (bicyclic) bond motifs is 3. The van der Waals surface area contributed by atoms with Crippen molar-refractivity contribution in [2.24, 2.45) is 7.05 Å². The molecule has 3 aromatic heterocycles. The van der Waals surface area contributed by atoms with Gasteiger partial charge in [-0.2, -0.15) is 10.4 Å². The van der Waals surface area contributed by atoms with E-state index in [2.05, 4.69) is 27.4 Å². The fraction of sp³-hybridized carbons (Fsp3) is 0.258. The third-order valence-electron chi connectivity index (χ3n) is 6.56. The van der Waals surface area contributed by atoms with Crippen LogP contribution in [0.1, 0.15) is 40.2 Å². The Labute approximate surface area is 227 Å². The van der Waals surface area contributed by atoms with Gasteiger partial charge in [0.25, 0.3) is 0 Å². The van der Waals surface area contributed by atoms with E-state index in [9.17, 15) is 10.1 Å². The second-order valence-electron chi connectivity index (χ2n) is 11.1. The summed E-state index contributed by atoms with van der Waals surface area (Å²) in [6, 6.07) is 18.3. The maximum atomic E-state index is 12.3. The number of benzene rings is 2. The number of aromatic nitrogens is 4. The van der Waals surface area contributed by atoms with Crippen LogP contribution >= 0.6 is 0 Å². The minimum Gasteiger partial charge on any atom is -0.444 e. The molecule has 0 saturated heterocycles. The zero-order valence-electron chi connectivity index (χ0n) is 22.9. The molecule has 0 spiro atoms. The van der Waals surface area contributed by atoms with Crippen molar-refractivity contribution in [1.82, 2.24) is 19.7 Å². The fourth-order valence-electron chi connectivity index (χ4n) is 4.51. The van der Waals surface area contributed by atoms with Crippen molar-refractivity contribution in [1.29, 1.82) is 5.26 Å². The maximum Gasteiger partial charge on any atom is 0.412 e. The Bertz CT molecular complexity index is 1760. The Morgan fingerprint density at radius 2 is 1.67 bits per heavy atom. The van der Waals surface area contributed by atoms with Crippen LogP contribution in [0.5, 0.6) is 0 Å². The Morgan fingerprint density at radius 3 is 2.36 bits per heavy atom. The van der Waals surface area contributed by atoms with Gasteiger partial charge in [-0.05, 0) is 63.9 Å². The number of anilines is 1. The highest BCUT2D eigenvalue weighted by molar-refractivity contribution is 6.12. The van der Waals surface area contributed by atoms with Crippen LogP contribution in [-0.4, -0.2) is 31.4 Å². The maximum absolute atomic E-state index is 12.3. The molecular weight excluding hydrogens is 488 g/mol. The lowest BCUT2D eigenvalue weighted by atomic mass is 9.86. The van der Waals surface area contributed by atoms with E-state index in [1.54, 1.807) is 12.4 Å². The van der Waals surface area contributed by atoms with Crippen LogP contribution in [0.2, 0.25) is 0 Å². The lowest BCUT2D eigenvalue weighted by Gasteiger charge is -2.19. The highest BCUT2D eigenvalue weighted by atomic mass is 16.6. The van der Waals surface area contributed by atoms with Crippen molar-refractivity contribution in [3.05, 3.63) is 72.7 Å². The molecule has 5 aromatic rings. The minimum atomic E-state index is -0.598. The van der Waals surface area contributed by atoms with Crippen molar-refractivity contribution in [3.63, 3.8) is 0 Å². The summed E-state index contributed by atoms with van der Waals surface area (Å²) in [5, 5.41) is 19.1. The Morgan fingerprint density at radius 1 is 0.949 bits per heavy atom. The number of nitrogens with zero attached hydrogens (tertiary/aromatic N) is 5. The number of pyridine rings is 2. The Kier molecular flexibility index (Phi) is 6.31. The molecule has 0 aliphatic heterocycles. The molecular formula is C31H30N6O2. The van der Waals surface area contributed by atoms with E-state index in [0.717, 1.165) is 49.8 Å². The molecule has 0 aliphatic carbocycles. The second kappa shape index (κ2) is 9.52. The highest BCUT2D eigenvalue weighted by Gasteiger charge is 2.21. The summed E-state index contributed by atoms with van der Waals surface area (Å²) in [6.45, 7) is 9.27. The van der Waals surface area contributed by atoms with E-state index in [1.165, 1.54) is 0 Å². The largest absolute Gasteiger partial charge is 0.444 e.